The van der Waals surface area contributed by atoms with Gasteiger partial charge < -0.3 is 10.6 Å². The van der Waals surface area contributed by atoms with Crippen LogP contribution in [0.4, 0.5) is 4.39 Å². The van der Waals surface area contributed by atoms with Gasteiger partial charge in [-0.1, -0.05) is 12.1 Å². The van der Waals surface area contributed by atoms with Gasteiger partial charge in [0.15, 0.2) is 0 Å². The molecule has 1 amide bonds. The number of aryl methyl sites for hydroxylation is 1. The first-order chi connectivity index (χ1) is 9.07. The Labute approximate surface area is 113 Å². The van der Waals surface area contributed by atoms with Crippen LogP contribution in [0.3, 0.4) is 0 Å². The number of halogens is 1. The molecule has 2 rings (SSSR count). The monoisotopic (exact) mass is 264 g/mol. The van der Waals surface area contributed by atoms with Crippen molar-refractivity contribution >= 4 is 5.91 Å². The minimum absolute atomic E-state index is 0.0453. The number of carbonyl (C=O) groups is 1. The molecule has 0 aromatic heterocycles. The molecule has 19 heavy (non-hydrogen) atoms. The summed E-state index contributed by atoms with van der Waals surface area (Å²) in [5, 5.41) is 6.02. The molecule has 0 saturated carbocycles. The van der Waals surface area contributed by atoms with E-state index < -0.39 is 0 Å². The standard InChI is InChI=1S/C15H21FN2O/c1-11-9-12(3-4-13(11)16)15(10-14(19)17-2)5-7-18-8-6-15/h3-4,9,18H,5-8,10H2,1-2H3,(H,17,19). The Balaban J connectivity index is 2.35. The van der Waals surface area contributed by atoms with Crippen LogP contribution in [-0.4, -0.2) is 26.0 Å². The van der Waals surface area contributed by atoms with E-state index in [2.05, 4.69) is 10.6 Å². The summed E-state index contributed by atoms with van der Waals surface area (Å²) in [6.07, 6.45) is 2.28. The first-order valence-electron chi connectivity index (χ1n) is 6.75. The van der Waals surface area contributed by atoms with Gasteiger partial charge >= 0.3 is 0 Å². The molecule has 1 aliphatic heterocycles. The third-order valence-corrected chi connectivity index (χ3v) is 4.11. The normalized spacial score (nSPS) is 18.1. The first kappa shape index (κ1) is 14.0. The van der Waals surface area contributed by atoms with Gasteiger partial charge in [-0.2, -0.15) is 0 Å². The molecular weight excluding hydrogens is 243 g/mol. The third-order valence-electron chi connectivity index (χ3n) is 4.11. The maximum absolute atomic E-state index is 13.4. The van der Waals surface area contributed by atoms with Crippen LogP contribution in [0.1, 0.15) is 30.4 Å². The van der Waals surface area contributed by atoms with Gasteiger partial charge in [-0.25, -0.2) is 4.39 Å². The number of piperidine rings is 1. The summed E-state index contributed by atoms with van der Waals surface area (Å²) in [6, 6.07) is 5.23. The Kier molecular flexibility index (Phi) is 4.20. The van der Waals surface area contributed by atoms with E-state index in [0.29, 0.717) is 12.0 Å². The van der Waals surface area contributed by atoms with Gasteiger partial charge in [0.2, 0.25) is 5.91 Å². The van der Waals surface area contributed by atoms with Crippen molar-refractivity contribution in [3.8, 4) is 0 Å². The van der Waals surface area contributed by atoms with Gasteiger partial charge in [-0.3, -0.25) is 4.79 Å². The quantitative estimate of drug-likeness (QED) is 0.875. The molecule has 3 nitrogen and oxygen atoms in total. The van der Waals surface area contributed by atoms with E-state index in [1.165, 1.54) is 6.07 Å². The number of hydrogen-bond donors (Lipinski definition) is 2. The lowest BCUT2D eigenvalue weighted by atomic mass is 9.70. The average molecular weight is 264 g/mol. The maximum Gasteiger partial charge on any atom is 0.220 e. The van der Waals surface area contributed by atoms with Crippen molar-refractivity contribution in [2.24, 2.45) is 0 Å². The summed E-state index contributed by atoms with van der Waals surface area (Å²) < 4.78 is 13.4. The predicted octanol–water partition coefficient (Wildman–Crippen LogP) is 1.89. The minimum atomic E-state index is -0.187. The number of amides is 1. The number of carbonyl (C=O) groups excluding carboxylic acids is 1. The lowest BCUT2D eigenvalue weighted by Gasteiger charge is -2.38. The molecule has 4 heteroatoms. The Morgan fingerprint density at radius 3 is 2.68 bits per heavy atom. The summed E-state index contributed by atoms with van der Waals surface area (Å²) in [7, 11) is 1.66. The topological polar surface area (TPSA) is 41.1 Å². The third kappa shape index (κ3) is 2.95. The van der Waals surface area contributed by atoms with Crippen LogP contribution in [0.2, 0.25) is 0 Å². The van der Waals surface area contributed by atoms with E-state index >= 15 is 0 Å². The Morgan fingerprint density at radius 1 is 1.42 bits per heavy atom. The highest BCUT2D eigenvalue weighted by Crippen LogP contribution is 2.37. The van der Waals surface area contributed by atoms with Crippen LogP contribution in [0.15, 0.2) is 18.2 Å². The van der Waals surface area contributed by atoms with Crippen molar-refractivity contribution in [1.29, 1.82) is 0 Å². The molecule has 1 saturated heterocycles. The van der Waals surface area contributed by atoms with Gasteiger partial charge in [0, 0.05) is 18.9 Å². The van der Waals surface area contributed by atoms with Gasteiger partial charge in [-0.05, 0) is 50.0 Å². The molecule has 0 radical (unpaired) electrons. The second kappa shape index (κ2) is 5.70. The van der Waals surface area contributed by atoms with Crippen molar-refractivity contribution in [3.63, 3.8) is 0 Å². The molecule has 1 fully saturated rings. The fourth-order valence-electron chi connectivity index (χ4n) is 2.84. The number of hydrogen-bond acceptors (Lipinski definition) is 2. The van der Waals surface area contributed by atoms with E-state index in [0.717, 1.165) is 31.5 Å². The van der Waals surface area contributed by atoms with E-state index in [1.807, 2.05) is 12.1 Å². The van der Waals surface area contributed by atoms with Crippen LogP contribution < -0.4 is 10.6 Å². The van der Waals surface area contributed by atoms with E-state index in [9.17, 15) is 9.18 Å². The second-order valence-electron chi connectivity index (χ2n) is 5.34. The zero-order valence-electron chi connectivity index (χ0n) is 11.6. The van der Waals surface area contributed by atoms with E-state index in [4.69, 9.17) is 0 Å². The van der Waals surface area contributed by atoms with Crippen molar-refractivity contribution in [3.05, 3.63) is 35.1 Å². The Hall–Kier alpha value is -1.42. The average Bonchev–Trinajstić information content (AvgIpc) is 2.42. The summed E-state index contributed by atoms with van der Waals surface area (Å²) >= 11 is 0. The number of nitrogens with one attached hydrogen (secondary N) is 2. The zero-order chi connectivity index (χ0) is 13.9. The molecule has 0 aliphatic carbocycles. The van der Waals surface area contributed by atoms with Crippen molar-refractivity contribution in [2.75, 3.05) is 20.1 Å². The molecule has 0 bridgehead atoms. The van der Waals surface area contributed by atoms with Gasteiger partial charge in [0.1, 0.15) is 5.82 Å². The summed E-state index contributed by atoms with van der Waals surface area (Å²) in [5.41, 5.74) is 1.56. The summed E-state index contributed by atoms with van der Waals surface area (Å²) in [6.45, 7) is 3.56. The predicted molar refractivity (Wildman–Crippen MR) is 73.6 cm³/mol. The second-order valence-corrected chi connectivity index (χ2v) is 5.34. The van der Waals surface area contributed by atoms with Crippen LogP contribution in [0.5, 0.6) is 0 Å². The molecule has 104 valence electrons. The molecule has 1 aliphatic rings. The molecule has 0 spiro atoms. The van der Waals surface area contributed by atoms with Gasteiger partial charge in [0.05, 0.1) is 0 Å². The highest BCUT2D eigenvalue weighted by atomic mass is 19.1. The van der Waals surface area contributed by atoms with Crippen LogP contribution in [0, 0.1) is 12.7 Å². The molecule has 1 heterocycles. The summed E-state index contributed by atoms with van der Waals surface area (Å²) in [4.78, 5) is 11.8. The lowest BCUT2D eigenvalue weighted by Crippen LogP contribution is -2.43. The van der Waals surface area contributed by atoms with Gasteiger partial charge in [0.25, 0.3) is 0 Å². The van der Waals surface area contributed by atoms with Crippen molar-refractivity contribution in [1.82, 2.24) is 10.6 Å². The van der Waals surface area contributed by atoms with E-state index in [1.54, 1.807) is 14.0 Å². The molecule has 1 aromatic carbocycles. The highest BCUT2D eigenvalue weighted by Gasteiger charge is 2.36. The van der Waals surface area contributed by atoms with E-state index in [-0.39, 0.29) is 17.1 Å². The minimum Gasteiger partial charge on any atom is -0.359 e. The van der Waals surface area contributed by atoms with Crippen molar-refractivity contribution in [2.45, 2.75) is 31.6 Å². The van der Waals surface area contributed by atoms with Gasteiger partial charge in [-0.15, -0.1) is 0 Å². The summed E-state index contributed by atoms with van der Waals surface area (Å²) in [5.74, 6) is -0.142. The lowest BCUT2D eigenvalue weighted by molar-refractivity contribution is -0.122. The molecule has 1 aromatic rings. The first-order valence-corrected chi connectivity index (χ1v) is 6.75. The number of benzene rings is 1. The molecular formula is C15H21FN2O. The van der Waals surface area contributed by atoms with Crippen LogP contribution in [-0.2, 0) is 10.2 Å². The zero-order valence-corrected chi connectivity index (χ0v) is 11.6. The Bertz CT molecular complexity index is 467. The number of rotatable bonds is 3. The molecule has 2 N–H and O–H groups in total. The fraction of sp³-hybridized carbons (Fsp3) is 0.533. The fourth-order valence-corrected chi connectivity index (χ4v) is 2.84. The maximum atomic E-state index is 13.4. The van der Waals surface area contributed by atoms with Crippen molar-refractivity contribution < 1.29 is 9.18 Å². The van der Waals surface area contributed by atoms with Crippen LogP contribution in [0.25, 0.3) is 0 Å². The Morgan fingerprint density at radius 2 is 2.11 bits per heavy atom. The molecule has 0 unspecified atom stereocenters. The largest absolute Gasteiger partial charge is 0.359 e. The highest BCUT2D eigenvalue weighted by molar-refractivity contribution is 5.77. The smallest absolute Gasteiger partial charge is 0.220 e. The molecule has 0 atom stereocenters. The van der Waals surface area contributed by atoms with Crippen LogP contribution >= 0.6 is 0 Å². The SMILES string of the molecule is CNC(=O)CC1(c2ccc(F)c(C)c2)CCNCC1.